The lowest BCUT2D eigenvalue weighted by Gasteiger charge is -2.45. The molecule has 0 aromatic carbocycles. The van der Waals surface area contributed by atoms with Crippen molar-refractivity contribution < 1.29 is 0 Å². The Morgan fingerprint density at radius 1 is 1.41 bits per heavy atom. The van der Waals surface area contributed by atoms with Crippen LogP contribution >= 0.6 is 0 Å². The Balaban J connectivity index is 2.63. The highest BCUT2D eigenvalue weighted by atomic mass is 15.2. The first-order valence-corrected chi connectivity index (χ1v) is 6.93. The van der Waals surface area contributed by atoms with E-state index in [1.807, 2.05) is 6.08 Å². The van der Waals surface area contributed by atoms with Crippen LogP contribution in [0.25, 0.3) is 0 Å². The Morgan fingerprint density at radius 2 is 2.06 bits per heavy atom. The molecule has 0 spiro atoms. The van der Waals surface area contributed by atoms with Crippen LogP contribution in [0.4, 0.5) is 0 Å². The Kier molecular flexibility index (Phi) is 5.21. The second-order valence-corrected chi connectivity index (χ2v) is 6.85. The molecule has 0 bridgehead atoms. The third kappa shape index (κ3) is 4.44. The van der Waals surface area contributed by atoms with Crippen molar-refractivity contribution in [2.45, 2.75) is 53.1 Å². The molecule has 0 radical (unpaired) electrons. The minimum atomic E-state index is 0.336. The van der Waals surface area contributed by atoms with E-state index in [1.165, 1.54) is 6.42 Å². The molecule has 0 amide bonds. The number of rotatable bonds is 4. The highest BCUT2D eigenvalue weighted by Gasteiger charge is 2.33. The maximum Gasteiger partial charge on any atom is 0.0244 e. The fourth-order valence-corrected chi connectivity index (χ4v) is 2.60. The average Bonchev–Trinajstić information content (AvgIpc) is 2.18. The van der Waals surface area contributed by atoms with Gasteiger partial charge in [-0.25, -0.2) is 0 Å². The lowest BCUT2D eigenvalue weighted by atomic mass is 9.84. The summed E-state index contributed by atoms with van der Waals surface area (Å²) in [5.41, 5.74) is 0.336. The van der Waals surface area contributed by atoms with Crippen molar-refractivity contribution in [1.82, 2.24) is 10.2 Å². The molecule has 2 nitrogen and oxygen atoms in total. The van der Waals surface area contributed by atoms with Gasteiger partial charge in [0.25, 0.3) is 0 Å². The lowest BCUT2D eigenvalue weighted by molar-refractivity contribution is 0.0851. The molecule has 1 fully saturated rings. The molecule has 2 unspecified atom stereocenters. The summed E-state index contributed by atoms with van der Waals surface area (Å²) in [7, 11) is 0. The minimum Gasteiger partial charge on any atom is -0.311 e. The molecule has 2 heteroatoms. The van der Waals surface area contributed by atoms with E-state index in [9.17, 15) is 0 Å². The van der Waals surface area contributed by atoms with Gasteiger partial charge in [0.15, 0.2) is 0 Å². The van der Waals surface area contributed by atoms with Crippen LogP contribution < -0.4 is 5.32 Å². The van der Waals surface area contributed by atoms with Gasteiger partial charge in [0, 0.05) is 31.7 Å². The van der Waals surface area contributed by atoms with Crippen molar-refractivity contribution in [2.75, 3.05) is 19.6 Å². The molecular weight excluding hydrogens is 208 g/mol. The van der Waals surface area contributed by atoms with Crippen molar-refractivity contribution in [3.8, 4) is 0 Å². The van der Waals surface area contributed by atoms with E-state index in [4.69, 9.17) is 0 Å². The van der Waals surface area contributed by atoms with Crippen molar-refractivity contribution in [3.05, 3.63) is 12.7 Å². The largest absolute Gasteiger partial charge is 0.311 e. The van der Waals surface area contributed by atoms with E-state index in [0.717, 1.165) is 25.6 Å². The van der Waals surface area contributed by atoms with Gasteiger partial charge in [0.05, 0.1) is 0 Å². The molecule has 100 valence electrons. The Hall–Kier alpha value is -0.340. The van der Waals surface area contributed by atoms with E-state index in [-0.39, 0.29) is 0 Å². The smallest absolute Gasteiger partial charge is 0.0244 e. The van der Waals surface area contributed by atoms with E-state index in [1.54, 1.807) is 0 Å². The summed E-state index contributed by atoms with van der Waals surface area (Å²) in [5.74, 6) is 0.764. The molecular formula is C15H30N2. The van der Waals surface area contributed by atoms with Crippen LogP contribution in [-0.4, -0.2) is 36.6 Å². The zero-order valence-electron chi connectivity index (χ0n) is 12.3. The average molecular weight is 238 g/mol. The van der Waals surface area contributed by atoms with E-state index in [0.29, 0.717) is 17.5 Å². The molecule has 1 rings (SSSR count). The number of hydrogen-bond donors (Lipinski definition) is 1. The molecule has 0 aromatic rings. The van der Waals surface area contributed by atoms with Crippen LogP contribution in [0.5, 0.6) is 0 Å². The Morgan fingerprint density at radius 3 is 2.53 bits per heavy atom. The number of piperazine rings is 1. The number of hydrogen-bond acceptors (Lipinski definition) is 2. The highest BCUT2D eigenvalue weighted by Crippen LogP contribution is 2.25. The Bertz CT molecular complexity index is 240. The first kappa shape index (κ1) is 14.7. The molecule has 1 aliphatic heterocycles. The molecule has 0 saturated carbocycles. The van der Waals surface area contributed by atoms with Gasteiger partial charge in [0.2, 0.25) is 0 Å². The first-order valence-electron chi connectivity index (χ1n) is 6.93. The molecule has 1 heterocycles. The second kappa shape index (κ2) is 6.01. The van der Waals surface area contributed by atoms with Gasteiger partial charge in [-0.15, -0.1) is 6.58 Å². The van der Waals surface area contributed by atoms with Gasteiger partial charge in [0.1, 0.15) is 0 Å². The highest BCUT2D eigenvalue weighted by molar-refractivity contribution is 4.94. The zero-order chi connectivity index (χ0) is 13.1. The zero-order valence-corrected chi connectivity index (χ0v) is 12.3. The maximum absolute atomic E-state index is 3.89. The molecule has 17 heavy (non-hydrogen) atoms. The van der Waals surface area contributed by atoms with Crippen molar-refractivity contribution in [3.63, 3.8) is 0 Å². The lowest BCUT2D eigenvalue weighted by Crippen LogP contribution is -2.60. The van der Waals surface area contributed by atoms with Gasteiger partial charge in [-0.2, -0.15) is 0 Å². The molecule has 0 aliphatic carbocycles. The predicted molar refractivity (Wildman–Crippen MR) is 76.3 cm³/mol. The van der Waals surface area contributed by atoms with E-state index < -0.39 is 0 Å². The van der Waals surface area contributed by atoms with Crippen molar-refractivity contribution in [1.29, 1.82) is 0 Å². The molecule has 1 aliphatic rings. The standard InChI is InChI=1S/C15H30N2/c1-7-8-17-11-14(15(4,5)6)16-10-13(17)9-12(2)3/h7,12-14,16H,1,8-11H2,2-6H3. The van der Waals surface area contributed by atoms with Crippen LogP contribution in [0, 0.1) is 11.3 Å². The summed E-state index contributed by atoms with van der Waals surface area (Å²) in [6.07, 6.45) is 3.32. The first-order chi connectivity index (χ1) is 7.84. The van der Waals surface area contributed by atoms with Crippen LogP contribution in [0.1, 0.15) is 41.0 Å². The van der Waals surface area contributed by atoms with Crippen LogP contribution in [0.3, 0.4) is 0 Å². The van der Waals surface area contributed by atoms with Crippen molar-refractivity contribution in [2.24, 2.45) is 11.3 Å². The molecule has 2 atom stereocenters. The Labute approximate surface area is 107 Å². The van der Waals surface area contributed by atoms with Crippen LogP contribution in [0.2, 0.25) is 0 Å². The second-order valence-electron chi connectivity index (χ2n) is 6.85. The van der Waals surface area contributed by atoms with Gasteiger partial charge in [-0.05, 0) is 17.8 Å². The number of nitrogens with zero attached hydrogens (tertiary/aromatic N) is 1. The summed E-state index contributed by atoms with van der Waals surface area (Å²) in [5, 5.41) is 3.73. The van der Waals surface area contributed by atoms with Crippen LogP contribution in [0.15, 0.2) is 12.7 Å². The minimum absolute atomic E-state index is 0.336. The molecule has 1 saturated heterocycles. The molecule has 0 aromatic heterocycles. The van der Waals surface area contributed by atoms with Gasteiger partial charge in [-0.3, -0.25) is 4.90 Å². The number of nitrogens with one attached hydrogen (secondary N) is 1. The van der Waals surface area contributed by atoms with E-state index in [2.05, 4.69) is 51.4 Å². The van der Waals surface area contributed by atoms with Gasteiger partial charge >= 0.3 is 0 Å². The van der Waals surface area contributed by atoms with Gasteiger partial charge in [-0.1, -0.05) is 40.7 Å². The summed E-state index contributed by atoms with van der Waals surface area (Å²) in [6.45, 7) is 18.7. The fraction of sp³-hybridized carbons (Fsp3) is 0.867. The van der Waals surface area contributed by atoms with Gasteiger partial charge < -0.3 is 5.32 Å². The summed E-state index contributed by atoms with van der Waals surface area (Å²) >= 11 is 0. The maximum atomic E-state index is 3.89. The quantitative estimate of drug-likeness (QED) is 0.758. The summed E-state index contributed by atoms with van der Waals surface area (Å²) < 4.78 is 0. The third-order valence-corrected chi connectivity index (χ3v) is 3.69. The topological polar surface area (TPSA) is 15.3 Å². The normalized spacial score (nSPS) is 27.4. The third-order valence-electron chi connectivity index (χ3n) is 3.69. The fourth-order valence-electron chi connectivity index (χ4n) is 2.60. The van der Waals surface area contributed by atoms with Crippen LogP contribution in [-0.2, 0) is 0 Å². The summed E-state index contributed by atoms with van der Waals surface area (Å²) in [6, 6.07) is 1.26. The summed E-state index contributed by atoms with van der Waals surface area (Å²) in [4.78, 5) is 2.60. The van der Waals surface area contributed by atoms with E-state index >= 15 is 0 Å². The predicted octanol–water partition coefficient (Wildman–Crippen LogP) is 2.91. The molecule has 1 N–H and O–H groups in total. The van der Waals surface area contributed by atoms with Crippen molar-refractivity contribution >= 4 is 0 Å². The SMILES string of the molecule is C=CCN1CC(C(C)(C)C)NCC1CC(C)C. The monoisotopic (exact) mass is 238 g/mol.